The van der Waals surface area contributed by atoms with Crippen molar-refractivity contribution >= 4 is 16.5 Å². The van der Waals surface area contributed by atoms with Gasteiger partial charge in [-0.1, -0.05) is 19.1 Å². The van der Waals surface area contributed by atoms with Crippen molar-refractivity contribution in [3.05, 3.63) is 24.3 Å². The molecule has 0 amide bonds. The number of benzene rings is 1. The number of anilines is 1. The van der Waals surface area contributed by atoms with E-state index in [0.717, 1.165) is 4.90 Å². The monoisotopic (exact) mass is 169 g/mol. The van der Waals surface area contributed by atoms with Crippen molar-refractivity contribution in [3.8, 4) is 0 Å². The lowest BCUT2D eigenvalue weighted by atomic mass is 10.3. The van der Waals surface area contributed by atoms with Gasteiger partial charge in [0.1, 0.15) is 0 Å². The molecule has 0 spiro atoms. The van der Waals surface area contributed by atoms with Crippen LogP contribution < -0.4 is 5.73 Å². The summed E-state index contributed by atoms with van der Waals surface area (Å²) < 4.78 is 11.3. The van der Waals surface area contributed by atoms with Crippen LogP contribution in [0, 0.1) is 0 Å². The van der Waals surface area contributed by atoms with Crippen LogP contribution in [-0.2, 0) is 10.8 Å². The summed E-state index contributed by atoms with van der Waals surface area (Å²) in [6.07, 6.45) is 0. The first kappa shape index (κ1) is 8.27. The van der Waals surface area contributed by atoms with E-state index in [1.807, 2.05) is 19.1 Å². The number of rotatable bonds is 2. The molecule has 1 aromatic rings. The Morgan fingerprint density at radius 1 is 1.45 bits per heavy atom. The standard InChI is InChI=1S/C8H11NOS/c1-2-11(10)8-6-4-3-5-7(8)9/h3-6H,2,9H2,1H3/t11-/m0/s1. The van der Waals surface area contributed by atoms with E-state index in [1.54, 1.807) is 12.1 Å². The molecule has 3 heteroatoms. The van der Waals surface area contributed by atoms with Crippen molar-refractivity contribution in [1.82, 2.24) is 0 Å². The molecule has 0 aliphatic heterocycles. The fraction of sp³-hybridized carbons (Fsp3) is 0.250. The minimum Gasteiger partial charge on any atom is -0.398 e. The number of hydrogen-bond donors (Lipinski definition) is 1. The van der Waals surface area contributed by atoms with Crippen molar-refractivity contribution in [1.29, 1.82) is 0 Å². The average molecular weight is 169 g/mol. The van der Waals surface area contributed by atoms with Gasteiger partial charge in [-0.25, -0.2) is 0 Å². The lowest BCUT2D eigenvalue weighted by Crippen LogP contribution is -1.98. The summed E-state index contributed by atoms with van der Waals surface area (Å²) in [6.45, 7) is 1.88. The number of nitrogens with two attached hydrogens (primary N) is 1. The normalized spacial score (nSPS) is 12.8. The van der Waals surface area contributed by atoms with Gasteiger partial charge in [0.05, 0.1) is 15.7 Å². The van der Waals surface area contributed by atoms with E-state index in [0.29, 0.717) is 11.4 Å². The highest BCUT2D eigenvalue weighted by molar-refractivity contribution is 7.85. The fourth-order valence-corrected chi connectivity index (χ4v) is 1.72. The molecular formula is C8H11NOS. The van der Waals surface area contributed by atoms with Crippen molar-refractivity contribution < 1.29 is 4.21 Å². The van der Waals surface area contributed by atoms with Gasteiger partial charge in [-0.15, -0.1) is 0 Å². The summed E-state index contributed by atoms with van der Waals surface area (Å²) in [5.41, 5.74) is 6.22. The molecule has 0 saturated carbocycles. The molecule has 0 aliphatic carbocycles. The molecule has 2 N–H and O–H groups in total. The number of para-hydroxylation sites is 1. The van der Waals surface area contributed by atoms with Crippen LogP contribution in [-0.4, -0.2) is 9.96 Å². The van der Waals surface area contributed by atoms with Crippen LogP contribution in [0.15, 0.2) is 29.2 Å². The highest BCUT2D eigenvalue weighted by Gasteiger charge is 2.02. The molecule has 1 aromatic carbocycles. The minimum atomic E-state index is -0.927. The van der Waals surface area contributed by atoms with E-state index in [1.165, 1.54) is 0 Å². The maximum absolute atomic E-state index is 11.3. The zero-order chi connectivity index (χ0) is 8.27. The maximum Gasteiger partial charge on any atom is 0.0617 e. The van der Waals surface area contributed by atoms with Crippen LogP contribution in [0.4, 0.5) is 5.69 Å². The maximum atomic E-state index is 11.3. The van der Waals surface area contributed by atoms with Crippen molar-refractivity contribution in [2.45, 2.75) is 11.8 Å². The van der Waals surface area contributed by atoms with Crippen LogP contribution in [0.3, 0.4) is 0 Å². The van der Waals surface area contributed by atoms with Crippen LogP contribution in [0.5, 0.6) is 0 Å². The first-order chi connectivity index (χ1) is 5.25. The highest BCUT2D eigenvalue weighted by Crippen LogP contribution is 2.14. The Morgan fingerprint density at radius 3 is 2.64 bits per heavy atom. The molecular weight excluding hydrogens is 158 g/mol. The zero-order valence-corrected chi connectivity index (χ0v) is 7.23. The van der Waals surface area contributed by atoms with E-state index in [9.17, 15) is 4.21 Å². The molecule has 60 valence electrons. The third-order valence-electron chi connectivity index (χ3n) is 1.43. The van der Waals surface area contributed by atoms with E-state index in [4.69, 9.17) is 5.73 Å². The molecule has 0 heterocycles. The molecule has 11 heavy (non-hydrogen) atoms. The van der Waals surface area contributed by atoms with Crippen molar-refractivity contribution in [2.75, 3.05) is 11.5 Å². The predicted octanol–water partition coefficient (Wildman–Crippen LogP) is 1.40. The van der Waals surface area contributed by atoms with Gasteiger partial charge in [0.15, 0.2) is 0 Å². The highest BCUT2D eigenvalue weighted by atomic mass is 32.2. The van der Waals surface area contributed by atoms with Crippen LogP contribution in [0.25, 0.3) is 0 Å². The second-order valence-electron chi connectivity index (χ2n) is 2.17. The summed E-state index contributed by atoms with van der Waals surface area (Å²) >= 11 is 0. The van der Waals surface area contributed by atoms with Gasteiger partial charge in [0, 0.05) is 11.4 Å². The molecule has 0 bridgehead atoms. The summed E-state index contributed by atoms with van der Waals surface area (Å²) in [7, 11) is -0.927. The Labute approximate surface area is 68.9 Å². The second kappa shape index (κ2) is 3.53. The summed E-state index contributed by atoms with van der Waals surface area (Å²) in [4.78, 5) is 0.745. The lowest BCUT2D eigenvalue weighted by Gasteiger charge is -2.01. The molecule has 0 fully saturated rings. The van der Waals surface area contributed by atoms with E-state index in [-0.39, 0.29) is 0 Å². The molecule has 0 aromatic heterocycles. The Bertz CT molecular complexity index is 273. The lowest BCUT2D eigenvalue weighted by molar-refractivity contribution is 0.684. The Balaban J connectivity index is 3.03. The largest absolute Gasteiger partial charge is 0.398 e. The van der Waals surface area contributed by atoms with Crippen LogP contribution in [0.1, 0.15) is 6.92 Å². The molecule has 1 rings (SSSR count). The third kappa shape index (κ3) is 1.80. The van der Waals surface area contributed by atoms with E-state index < -0.39 is 10.8 Å². The quantitative estimate of drug-likeness (QED) is 0.680. The smallest absolute Gasteiger partial charge is 0.0617 e. The van der Waals surface area contributed by atoms with Gasteiger partial charge in [-0.05, 0) is 12.1 Å². The van der Waals surface area contributed by atoms with Crippen molar-refractivity contribution in [2.24, 2.45) is 0 Å². The molecule has 1 atom stereocenters. The molecule has 0 saturated heterocycles. The summed E-state index contributed by atoms with van der Waals surface area (Å²) in [5, 5.41) is 0. The fourth-order valence-electron chi connectivity index (χ4n) is 0.843. The molecule has 0 aliphatic rings. The topological polar surface area (TPSA) is 43.1 Å². The number of nitrogen functional groups attached to an aromatic ring is 1. The Morgan fingerprint density at radius 2 is 2.09 bits per heavy atom. The first-order valence-corrected chi connectivity index (χ1v) is 4.80. The molecule has 2 nitrogen and oxygen atoms in total. The van der Waals surface area contributed by atoms with Gasteiger partial charge in [0.25, 0.3) is 0 Å². The summed E-state index contributed by atoms with van der Waals surface area (Å²) in [6, 6.07) is 7.25. The molecule has 0 unspecified atom stereocenters. The van der Waals surface area contributed by atoms with Gasteiger partial charge in [-0.2, -0.15) is 0 Å². The molecule has 0 radical (unpaired) electrons. The Hall–Kier alpha value is -0.830. The zero-order valence-electron chi connectivity index (χ0n) is 6.41. The van der Waals surface area contributed by atoms with Gasteiger partial charge >= 0.3 is 0 Å². The predicted molar refractivity (Wildman–Crippen MR) is 47.8 cm³/mol. The minimum absolute atomic E-state index is 0.618. The van der Waals surface area contributed by atoms with Gasteiger partial charge < -0.3 is 5.73 Å². The average Bonchev–Trinajstić information content (AvgIpc) is 2.04. The first-order valence-electron chi connectivity index (χ1n) is 3.48. The summed E-state index contributed by atoms with van der Waals surface area (Å²) in [5.74, 6) is 0.619. The second-order valence-corrected chi connectivity index (χ2v) is 3.88. The SMILES string of the molecule is CC[S@](=O)c1ccccc1N. The van der Waals surface area contributed by atoms with E-state index in [2.05, 4.69) is 0 Å². The van der Waals surface area contributed by atoms with Gasteiger partial charge in [0.2, 0.25) is 0 Å². The van der Waals surface area contributed by atoms with Crippen molar-refractivity contribution in [3.63, 3.8) is 0 Å². The van der Waals surface area contributed by atoms with E-state index >= 15 is 0 Å². The third-order valence-corrected chi connectivity index (χ3v) is 2.81. The van der Waals surface area contributed by atoms with Crippen LogP contribution >= 0.6 is 0 Å². The van der Waals surface area contributed by atoms with Crippen LogP contribution in [0.2, 0.25) is 0 Å². The van der Waals surface area contributed by atoms with Gasteiger partial charge in [-0.3, -0.25) is 4.21 Å². The number of hydrogen-bond acceptors (Lipinski definition) is 2. The Kier molecular flexibility index (Phi) is 2.65.